The number of nitrogens with one attached hydrogen (secondary N) is 2. The molecule has 0 aliphatic carbocycles. The number of anilines is 2. The standard InChI is InChI=1S/C14H21ClN2O2/c1-3-10(2)14(19)17-13-7-5-4-6-12(13)16-9-11(18)8-15/h4-7,10-11,16,18H,3,8-9H2,1-2H3,(H,17,19). The number of halogens is 1. The summed E-state index contributed by atoms with van der Waals surface area (Å²) in [6.07, 6.45) is 0.187. The smallest absolute Gasteiger partial charge is 0.227 e. The van der Waals surface area contributed by atoms with Gasteiger partial charge in [0.25, 0.3) is 0 Å². The van der Waals surface area contributed by atoms with E-state index in [2.05, 4.69) is 10.6 Å². The van der Waals surface area contributed by atoms with Gasteiger partial charge in [0.2, 0.25) is 5.91 Å². The van der Waals surface area contributed by atoms with E-state index in [4.69, 9.17) is 11.6 Å². The largest absolute Gasteiger partial charge is 0.390 e. The third-order valence-electron chi connectivity index (χ3n) is 2.95. The molecule has 0 aromatic heterocycles. The van der Waals surface area contributed by atoms with Crippen LogP contribution in [0.15, 0.2) is 24.3 Å². The molecule has 1 rings (SSSR count). The molecule has 0 spiro atoms. The van der Waals surface area contributed by atoms with E-state index in [0.29, 0.717) is 6.54 Å². The van der Waals surface area contributed by atoms with Gasteiger partial charge in [0.05, 0.1) is 23.4 Å². The Bertz CT molecular complexity index is 412. The van der Waals surface area contributed by atoms with Gasteiger partial charge in [0.1, 0.15) is 0 Å². The summed E-state index contributed by atoms with van der Waals surface area (Å²) in [4.78, 5) is 11.9. The van der Waals surface area contributed by atoms with Gasteiger partial charge in [-0.25, -0.2) is 0 Å². The number of carbonyl (C=O) groups excluding carboxylic acids is 1. The minimum absolute atomic E-state index is 0.00496. The van der Waals surface area contributed by atoms with Crippen molar-refractivity contribution in [3.8, 4) is 0 Å². The molecule has 0 bridgehead atoms. The van der Waals surface area contributed by atoms with Gasteiger partial charge in [-0.1, -0.05) is 26.0 Å². The van der Waals surface area contributed by atoms with Gasteiger partial charge in [-0.05, 0) is 18.6 Å². The van der Waals surface area contributed by atoms with Crippen molar-refractivity contribution >= 4 is 28.9 Å². The van der Waals surface area contributed by atoms with Crippen LogP contribution in [0.3, 0.4) is 0 Å². The Kier molecular flexibility index (Phi) is 6.67. The van der Waals surface area contributed by atoms with E-state index in [1.807, 2.05) is 38.1 Å². The van der Waals surface area contributed by atoms with E-state index < -0.39 is 6.10 Å². The predicted octanol–water partition coefficient (Wildman–Crippen LogP) is 2.68. The molecule has 0 aliphatic heterocycles. The molecular formula is C14H21ClN2O2. The number of hydrogen-bond acceptors (Lipinski definition) is 3. The van der Waals surface area contributed by atoms with E-state index >= 15 is 0 Å². The Morgan fingerprint density at radius 1 is 1.37 bits per heavy atom. The van der Waals surface area contributed by atoms with Crippen LogP contribution in [-0.4, -0.2) is 29.5 Å². The third-order valence-corrected chi connectivity index (χ3v) is 3.31. The highest BCUT2D eigenvalue weighted by molar-refractivity contribution is 6.18. The number of benzene rings is 1. The Hall–Kier alpha value is -1.26. The van der Waals surface area contributed by atoms with Gasteiger partial charge < -0.3 is 15.7 Å². The maximum absolute atomic E-state index is 11.9. The number of amides is 1. The highest BCUT2D eigenvalue weighted by Crippen LogP contribution is 2.22. The number of aliphatic hydroxyl groups is 1. The first-order valence-electron chi connectivity index (χ1n) is 6.46. The SMILES string of the molecule is CCC(C)C(=O)Nc1ccccc1NCC(O)CCl. The van der Waals surface area contributed by atoms with E-state index in [-0.39, 0.29) is 17.7 Å². The summed E-state index contributed by atoms with van der Waals surface area (Å²) in [5.41, 5.74) is 1.50. The normalized spacial score (nSPS) is 13.7. The van der Waals surface area contributed by atoms with Crippen LogP contribution in [0.1, 0.15) is 20.3 Å². The second-order valence-electron chi connectivity index (χ2n) is 4.53. The Morgan fingerprint density at radius 2 is 2.00 bits per heavy atom. The molecule has 19 heavy (non-hydrogen) atoms. The van der Waals surface area contributed by atoms with Crippen molar-refractivity contribution in [2.75, 3.05) is 23.1 Å². The van der Waals surface area contributed by atoms with Crippen molar-refractivity contribution < 1.29 is 9.90 Å². The number of rotatable bonds is 7. The first kappa shape index (κ1) is 15.8. The maximum atomic E-state index is 11.9. The molecule has 1 amide bonds. The lowest BCUT2D eigenvalue weighted by molar-refractivity contribution is -0.119. The summed E-state index contributed by atoms with van der Waals surface area (Å²) in [6, 6.07) is 7.41. The van der Waals surface area contributed by atoms with Crippen LogP contribution in [0.5, 0.6) is 0 Å². The van der Waals surface area contributed by atoms with Crippen molar-refractivity contribution in [2.24, 2.45) is 5.92 Å². The zero-order valence-corrected chi connectivity index (χ0v) is 12.1. The second-order valence-corrected chi connectivity index (χ2v) is 4.84. The van der Waals surface area contributed by atoms with Crippen LogP contribution in [-0.2, 0) is 4.79 Å². The molecule has 0 saturated carbocycles. The van der Waals surface area contributed by atoms with Gasteiger partial charge in [0.15, 0.2) is 0 Å². The lowest BCUT2D eigenvalue weighted by Crippen LogP contribution is -2.23. The Balaban J connectivity index is 2.70. The van der Waals surface area contributed by atoms with Crippen LogP contribution in [0.4, 0.5) is 11.4 Å². The molecule has 2 atom stereocenters. The summed E-state index contributed by atoms with van der Waals surface area (Å²) in [6.45, 7) is 4.22. The number of hydrogen-bond donors (Lipinski definition) is 3. The molecule has 0 aliphatic rings. The number of aliphatic hydroxyl groups excluding tert-OH is 1. The molecule has 4 nitrogen and oxygen atoms in total. The van der Waals surface area contributed by atoms with Crippen LogP contribution in [0.25, 0.3) is 0 Å². The molecule has 0 radical (unpaired) electrons. The average Bonchev–Trinajstić information content (AvgIpc) is 2.44. The fraction of sp³-hybridized carbons (Fsp3) is 0.500. The predicted molar refractivity (Wildman–Crippen MR) is 79.7 cm³/mol. The molecule has 0 saturated heterocycles. The molecule has 106 valence electrons. The zero-order valence-electron chi connectivity index (χ0n) is 11.3. The lowest BCUT2D eigenvalue weighted by Gasteiger charge is -2.16. The molecule has 0 heterocycles. The maximum Gasteiger partial charge on any atom is 0.227 e. The van der Waals surface area contributed by atoms with Crippen LogP contribution < -0.4 is 10.6 Å². The van der Waals surface area contributed by atoms with Crippen molar-refractivity contribution in [1.82, 2.24) is 0 Å². The van der Waals surface area contributed by atoms with Crippen LogP contribution in [0.2, 0.25) is 0 Å². The third kappa shape index (κ3) is 5.09. The van der Waals surface area contributed by atoms with E-state index in [9.17, 15) is 9.90 Å². The van der Waals surface area contributed by atoms with E-state index in [0.717, 1.165) is 17.8 Å². The first-order valence-corrected chi connectivity index (χ1v) is 6.99. The fourth-order valence-corrected chi connectivity index (χ4v) is 1.58. The summed E-state index contributed by atoms with van der Waals surface area (Å²) >= 11 is 5.54. The average molecular weight is 285 g/mol. The summed E-state index contributed by atoms with van der Waals surface area (Å²) < 4.78 is 0. The highest BCUT2D eigenvalue weighted by Gasteiger charge is 2.12. The molecule has 2 unspecified atom stereocenters. The van der Waals surface area contributed by atoms with Gasteiger partial charge in [-0.2, -0.15) is 0 Å². The highest BCUT2D eigenvalue weighted by atomic mass is 35.5. The molecule has 5 heteroatoms. The minimum Gasteiger partial charge on any atom is -0.390 e. The summed E-state index contributed by atoms with van der Waals surface area (Å²) in [5, 5.41) is 15.4. The fourth-order valence-electron chi connectivity index (χ4n) is 1.47. The molecule has 1 aromatic rings. The van der Waals surface area contributed by atoms with Gasteiger partial charge in [0, 0.05) is 12.5 Å². The van der Waals surface area contributed by atoms with Crippen molar-refractivity contribution in [3.63, 3.8) is 0 Å². The molecular weight excluding hydrogens is 264 g/mol. The summed E-state index contributed by atoms with van der Waals surface area (Å²) in [7, 11) is 0. The Morgan fingerprint density at radius 3 is 2.58 bits per heavy atom. The molecule has 1 aromatic carbocycles. The number of carbonyl (C=O) groups is 1. The van der Waals surface area contributed by atoms with Crippen LogP contribution >= 0.6 is 11.6 Å². The Labute approximate surface area is 119 Å². The van der Waals surface area contributed by atoms with E-state index in [1.54, 1.807) is 0 Å². The second kappa shape index (κ2) is 8.02. The van der Waals surface area contributed by atoms with Gasteiger partial charge >= 0.3 is 0 Å². The quantitative estimate of drug-likeness (QED) is 0.675. The van der Waals surface area contributed by atoms with Gasteiger partial charge in [-0.15, -0.1) is 11.6 Å². The lowest BCUT2D eigenvalue weighted by atomic mass is 10.1. The topological polar surface area (TPSA) is 61.4 Å². The van der Waals surface area contributed by atoms with Crippen molar-refractivity contribution in [2.45, 2.75) is 26.4 Å². The monoisotopic (exact) mass is 284 g/mol. The van der Waals surface area contributed by atoms with Gasteiger partial charge in [-0.3, -0.25) is 4.79 Å². The van der Waals surface area contributed by atoms with E-state index in [1.165, 1.54) is 0 Å². The van der Waals surface area contributed by atoms with Crippen LogP contribution in [0, 0.1) is 5.92 Å². The van der Waals surface area contributed by atoms with Crippen molar-refractivity contribution in [3.05, 3.63) is 24.3 Å². The first-order chi connectivity index (χ1) is 9.08. The molecule has 3 N–H and O–H groups in total. The minimum atomic E-state index is -0.611. The summed E-state index contributed by atoms with van der Waals surface area (Å²) in [5.74, 6) is 0.144. The molecule has 0 fully saturated rings. The zero-order chi connectivity index (χ0) is 14.3. The number of para-hydroxylation sites is 2. The van der Waals surface area contributed by atoms with Crippen molar-refractivity contribution in [1.29, 1.82) is 0 Å². The number of alkyl halides is 1.